The number of halogens is 2. The molecule has 0 N–H and O–H groups in total. The third kappa shape index (κ3) is 5.02. The van der Waals surface area contributed by atoms with Crippen LogP contribution in [-0.4, -0.2) is 54.2 Å². The molecule has 1 amide bonds. The Morgan fingerprint density at radius 1 is 1.26 bits per heavy atom. The maximum atomic E-state index is 14.5. The fraction of sp³-hybridized carbons (Fsp3) is 0.526. The minimum Gasteiger partial charge on any atom is -0.465 e. The molecule has 0 bridgehead atoms. The van der Waals surface area contributed by atoms with Crippen LogP contribution in [0.25, 0.3) is 0 Å². The Hall–Kier alpha value is -2.51. The molecule has 1 aromatic carbocycles. The lowest BCUT2D eigenvalue weighted by molar-refractivity contribution is -0.122. The second-order valence-electron chi connectivity index (χ2n) is 7.39. The number of hydrogen-bond acceptors (Lipinski definition) is 5. The van der Waals surface area contributed by atoms with Crippen molar-refractivity contribution >= 4 is 17.8 Å². The summed E-state index contributed by atoms with van der Waals surface area (Å²) in [6.45, 7) is 4.74. The van der Waals surface area contributed by atoms with Gasteiger partial charge in [0.15, 0.2) is 5.78 Å². The maximum Gasteiger partial charge on any atom is 0.411 e. The zero-order chi connectivity index (χ0) is 20.4. The number of esters is 1. The molecule has 2 atom stereocenters. The third-order valence-electron chi connectivity index (χ3n) is 4.10. The number of ether oxygens (including phenoxy) is 2. The number of rotatable bonds is 4. The maximum absolute atomic E-state index is 14.5. The van der Waals surface area contributed by atoms with Gasteiger partial charge in [-0.25, -0.2) is 18.4 Å². The van der Waals surface area contributed by atoms with E-state index >= 15 is 0 Å². The van der Waals surface area contributed by atoms with Crippen molar-refractivity contribution in [2.75, 3.05) is 13.7 Å². The Bertz CT molecular complexity index is 744. The van der Waals surface area contributed by atoms with Gasteiger partial charge in [0.2, 0.25) is 0 Å². The Kier molecular flexibility index (Phi) is 6.18. The lowest BCUT2D eigenvalue weighted by Crippen LogP contribution is -2.44. The number of methoxy groups -OCH3 is 1. The third-order valence-corrected chi connectivity index (χ3v) is 4.10. The minimum atomic E-state index is -1.36. The molecule has 27 heavy (non-hydrogen) atoms. The number of benzene rings is 1. The number of ketones is 1. The van der Waals surface area contributed by atoms with Gasteiger partial charge in [0.05, 0.1) is 25.3 Å². The SMILES string of the molecule is COC(=O)c1cccc(CC(=O)[C@@H]2C[C@@H](F)CN2C(=O)OC(C)(C)C)c1F. The van der Waals surface area contributed by atoms with Crippen LogP contribution in [-0.2, 0) is 20.7 Å². The smallest absolute Gasteiger partial charge is 0.411 e. The van der Waals surface area contributed by atoms with Crippen molar-refractivity contribution in [3.05, 3.63) is 35.1 Å². The van der Waals surface area contributed by atoms with E-state index in [1.165, 1.54) is 18.2 Å². The van der Waals surface area contributed by atoms with Crippen LogP contribution in [0.15, 0.2) is 18.2 Å². The van der Waals surface area contributed by atoms with Crippen LogP contribution in [0.3, 0.4) is 0 Å². The summed E-state index contributed by atoms with van der Waals surface area (Å²) in [6, 6.07) is 2.99. The summed E-state index contributed by atoms with van der Waals surface area (Å²) in [7, 11) is 1.12. The molecule has 0 aliphatic carbocycles. The number of carbonyl (C=O) groups excluding carboxylic acids is 3. The van der Waals surface area contributed by atoms with Crippen LogP contribution in [0, 0.1) is 5.82 Å². The van der Waals surface area contributed by atoms with E-state index < -0.39 is 41.5 Å². The van der Waals surface area contributed by atoms with Gasteiger partial charge >= 0.3 is 12.1 Å². The van der Waals surface area contributed by atoms with Gasteiger partial charge in [-0.1, -0.05) is 12.1 Å². The average molecular weight is 383 g/mol. The predicted molar refractivity (Wildman–Crippen MR) is 92.7 cm³/mol. The summed E-state index contributed by atoms with van der Waals surface area (Å²) in [4.78, 5) is 37.5. The van der Waals surface area contributed by atoms with E-state index in [2.05, 4.69) is 4.74 Å². The molecule has 1 aromatic rings. The molecule has 1 aliphatic rings. The molecular formula is C19H23F2NO5. The largest absolute Gasteiger partial charge is 0.465 e. The number of alkyl halides is 1. The van der Waals surface area contributed by atoms with Crippen molar-refractivity contribution in [3.8, 4) is 0 Å². The highest BCUT2D eigenvalue weighted by atomic mass is 19.1. The van der Waals surface area contributed by atoms with Gasteiger partial charge in [0, 0.05) is 12.8 Å². The second-order valence-corrected chi connectivity index (χ2v) is 7.39. The van der Waals surface area contributed by atoms with E-state index in [1.807, 2.05) is 0 Å². The van der Waals surface area contributed by atoms with Gasteiger partial charge < -0.3 is 9.47 Å². The lowest BCUT2D eigenvalue weighted by Gasteiger charge is -2.27. The van der Waals surface area contributed by atoms with Gasteiger partial charge in [-0.05, 0) is 32.4 Å². The Balaban J connectivity index is 2.19. The van der Waals surface area contributed by atoms with E-state index in [4.69, 9.17) is 4.74 Å². The summed E-state index contributed by atoms with van der Waals surface area (Å²) in [5, 5.41) is 0. The lowest BCUT2D eigenvalue weighted by atomic mass is 9.99. The number of amides is 1. The zero-order valence-corrected chi connectivity index (χ0v) is 15.8. The zero-order valence-electron chi connectivity index (χ0n) is 15.8. The molecular weight excluding hydrogens is 360 g/mol. The number of likely N-dealkylation sites (tertiary alicyclic amines) is 1. The number of hydrogen-bond donors (Lipinski definition) is 0. The highest BCUT2D eigenvalue weighted by Crippen LogP contribution is 2.25. The van der Waals surface area contributed by atoms with Crippen molar-refractivity contribution in [2.45, 2.75) is 51.4 Å². The molecule has 8 heteroatoms. The van der Waals surface area contributed by atoms with Crippen LogP contribution < -0.4 is 0 Å². The Morgan fingerprint density at radius 3 is 2.52 bits per heavy atom. The first kappa shape index (κ1) is 20.8. The normalized spacial score (nSPS) is 19.7. The molecule has 6 nitrogen and oxygen atoms in total. The van der Waals surface area contributed by atoms with Crippen molar-refractivity contribution in [1.29, 1.82) is 0 Å². The minimum absolute atomic E-state index is 0.0191. The molecule has 1 heterocycles. The van der Waals surface area contributed by atoms with E-state index in [0.29, 0.717) is 0 Å². The van der Waals surface area contributed by atoms with E-state index in [9.17, 15) is 23.2 Å². The standard InChI is InChI=1S/C19H23F2NO5/c1-19(2,3)27-18(25)22-10-12(20)9-14(22)15(23)8-11-6-5-7-13(16(11)21)17(24)26-4/h5-7,12,14H,8-10H2,1-4H3/t12-,14+/m1/s1. The first-order valence-electron chi connectivity index (χ1n) is 8.55. The quantitative estimate of drug-likeness (QED) is 0.747. The molecule has 0 unspecified atom stereocenters. The first-order valence-corrected chi connectivity index (χ1v) is 8.55. The van der Waals surface area contributed by atoms with Crippen LogP contribution >= 0.6 is 0 Å². The predicted octanol–water partition coefficient (Wildman–Crippen LogP) is 3.07. The molecule has 1 fully saturated rings. The highest BCUT2D eigenvalue weighted by Gasteiger charge is 2.41. The van der Waals surface area contributed by atoms with Gasteiger partial charge in [-0.15, -0.1) is 0 Å². The summed E-state index contributed by atoms with van der Waals surface area (Å²) >= 11 is 0. The topological polar surface area (TPSA) is 72.9 Å². The highest BCUT2D eigenvalue weighted by molar-refractivity contribution is 5.92. The van der Waals surface area contributed by atoms with Crippen LogP contribution in [0.2, 0.25) is 0 Å². The van der Waals surface area contributed by atoms with Gasteiger partial charge in [0.1, 0.15) is 17.6 Å². The molecule has 0 saturated carbocycles. The summed E-state index contributed by atoms with van der Waals surface area (Å²) in [5.74, 6) is -2.25. The summed E-state index contributed by atoms with van der Waals surface area (Å²) < 4.78 is 38.1. The molecule has 1 aliphatic heterocycles. The molecule has 0 spiro atoms. The monoisotopic (exact) mass is 383 g/mol. The van der Waals surface area contributed by atoms with E-state index in [0.717, 1.165) is 12.0 Å². The van der Waals surface area contributed by atoms with E-state index in [-0.39, 0.29) is 30.5 Å². The molecule has 0 aromatic heterocycles. The van der Waals surface area contributed by atoms with Crippen molar-refractivity contribution < 1.29 is 32.6 Å². The number of Topliss-reactive ketones (excluding diaryl/α,β-unsaturated/α-hetero) is 1. The van der Waals surface area contributed by atoms with Gasteiger partial charge in [-0.3, -0.25) is 9.69 Å². The van der Waals surface area contributed by atoms with Crippen molar-refractivity contribution in [2.24, 2.45) is 0 Å². The fourth-order valence-corrected chi connectivity index (χ4v) is 2.90. The van der Waals surface area contributed by atoms with Crippen molar-refractivity contribution in [1.82, 2.24) is 4.90 Å². The van der Waals surface area contributed by atoms with Crippen LogP contribution in [0.5, 0.6) is 0 Å². The molecule has 2 rings (SSSR count). The van der Waals surface area contributed by atoms with Gasteiger partial charge in [0.25, 0.3) is 0 Å². The van der Waals surface area contributed by atoms with Gasteiger partial charge in [-0.2, -0.15) is 0 Å². The van der Waals surface area contributed by atoms with Crippen LogP contribution in [0.1, 0.15) is 43.1 Å². The molecule has 1 saturated heterocycles. The summed E-state index contributed by atoms with van der Waals surface area (Å²) in [5.41, 5.74) is -1.10. The fourth-order valence-electron chi connectivity index (χ4n) is 2.90. The molecule has 148 valence electrons. The Morgan fingerprint density at radius 2 is 1.93 bits per heavy atom. The van der Waals surface area contributed by atoms with E-state index in [1.54, 1.807) is 20.8 Å². The Labute approximate surface area is 156 Å². The summed E-state index contributed by atoms with van der Waals surface area (Å²) in [6.07, 6.45) is -2.70. The van der Waals surface area contributed by atoms with Crippen LogP contribution in [0.4, 0.5) is 13.6 Å². The number of carbonyl (C=O) groups is 3. The second kappa shape index (κ2) is 8.02. The number of nitrogens with zero attached hydrogens (tertiary/aromatic N) is 1. The molecule has 0 radical (unpaired) electrons. The first-order chi connectivity index (χ1) is 12.5. The average Bonchev–Trinajstić information content (AvgIpc) is 2.96. The van der Waals surface area contributed by atoms with Crippen molar-refractivity contribution in [3.63, 3.8) is 0 Å².